The molecule has 1 amide bonds. The van der Waals surface area contributed by atoms with E-state index in [0.717, 1.165) is 22.4 Å². The molecule has 0 saturated carbocycles. The van der Waals surface area contributed by atoms with E-state index in [4.69, 9.17) is 4.74 Å². The number of hydrogen-bond donors (Lipinski definition) is 1. The molecule has 0 bridgehead atoms. The number of carbonyl (C=O) groups is 2. The predicted octanol–water partition coefficient (Wildman–Crippen LogP) is 6.16. The van der Waals surface area contributed by atoms with Crippen molar-refractivity contribution in [3.8, 4) is 11.5 Å². The first-order valence-electron chi connectivity index (χ1n) is 11.8. The Balaban J connectivity index is 1.40. The van der Waals surface area contributed by atoms with Crippen LogP contribution in [-0.2, 0) is 29.0 Å². The SMILES string of the molecule is O=C(Cc1cccc(Oc2ccccc2)c1)CC(Cc1ccccc1)C(=O)NCc1ccccc1. The van der Waals surface area contributed by atoms with Crippen LogP contribution in [-0.4, -0.2) is 11.7 Å². The highest BCUT2D eigenvalue weighted by atomic mass is 16.5. The summed E-state index contributed by atoms with van der Waals surface area (Å²) in [4.78, 5) is 26.1. The standard InChI is InChI=1S/C31H29NO3/c33-28(20-26-15-10-18-30(21-26)35-29-16-8-3-9-17-29)22-27(19-24-11-4-1-5-12-24)31(34)32-23-25-13-6-2-7-14-25/h1-18,21,27H,19-20,22-23H2,(H,32,34). The molecule has 0 aromatic heterocycles. The number of carbonyl (C=O) groups excluding carboxylic acids is 2. The van der Waals surface area contributed by atoms with Crippen LogP contribution < -0.4 is 10.1 Å². The highest BCUT2D eigenvalue weighted by molar-refractivity contribution is 5.88. The van der Waals surface area contributed by atoms with Gasteiger partial charge in [-0.3, -0.25) is 9.59 Å². The summed E-state index contributed by atoms with van der Waals surface area (Å²) in [5.74, 6) is 0.916. The molecule has 0 saturated heterocycles. The molecule has 0 fully saturated rings. The van der Waals surface area contributed by atoms with Crippen molar-refractivity contribution in [3.05, 3.63) is 132 Å². The summed E-state index contributed by atoms with van der Waals surface area (Å²) >= 11 is 0. The number of rotatable bonds is 11. The van der Waals surface area contributed by atoms with E-state index >= 15 is 0 Å². The van der Waals surface area contributed by atoms with Crippen molar-refractivity contribution in [1.29, 1.82) is 0 Å². The Hall–Kier alpha value is -4.18. The molecule has 0 aliphatic carbocycles. The lowest BCUT2D eigenvalue weighted by Crippen LogP contribution is -2.33. The average molecular weight is 464 g/mol. The molecular weight excluding hydrogens is 434 g/mol. The van der Waals surface area contributed by atoms with Crippen molar-refractivity contribution in [1.82, 2.24) is 5.32 Å². The third-order valence-electron chi connectivity index (χ3n) is 5.76. The molecule has 35 heavy (non-hydrogen) atoms. The van der Waals surface area contributed by atoms with Crippen molar-refractivity contribution in [2.75, 3.05) is 0 Å². The van der Waals surface area contributed by atoms with Crippen molar-refractivity contribution in [2.24, 2.45) is 5.92 Å². The van der Waals surface area contributed by atoms with Crippen molar-refractivity contribution >= 4 is 11.7 Å². The lowest BCUT2D eigenvalue weighted by atomic mass is 9.91. The highest BCUT2D eigenvalue weighted by Crippen LogP contribution is 2.23. The van der Waals surface area contributed by atoms with Gasteiger partial charge < -0.3 is 10.1 Å². The van der Waals surface area contributed by atoms with Gasteiger partial charge >= 0.3 is 0 Å². The summed E-state index contributed by atoms with van der Waals surface area (Å²) in [5.41, 5.74) is 2.94. The number of ketones is 1. The van der Waals surface area contributed by atoms with Crippen LogP contribution in [0.15, 0.2) is 115 Å². The number of Topliss-reactive ketones (excluding diaryl/α,β-unsaturated/α-hetero) is 1. The number of hydrogen-bond acceptors (Lipinski definition) is 3. The van der Waals surface area contributed by atoms with E-state index in [1.807, 2.05) is 115 Å². The smallest absolute Gasteiger partial charge is 0.224 e. The Bertz CT molecular complexity index is 1220. The molecule has 176 valence electrons. The van der Waals surface area contributed by atoms with E-state index in [2.05, 4.69) is 5.32 Å². The summed E-state index contributed by atoms with van der Waals surface area (Å²) in [5, 5.41) is 3.01. The second-order valence-corrected chi connectivity index (χ2v) is 8.57. The maximum absolute atomic E-state index is 13.1. The van der Waals surface area contributed by atoms with Gasteiger partial charge in [0.1, 0.15) is 17.3 Å². The first-order chi connectivity index (χ1) is 17.2. The summed E-state index contributed by atoms with van der Waals surface area (Å²) in [6, 6.07) is 36.7. The van der Waals surface area contributed by atoms with E-state index in [1.165, 1.54) is 0 Å². The quantitative estimate of drug-likeness (QED) is 0.290. The number of ether oxygens (including phenoxy) is 1. The van der Waals surface area contributed by atoms with Crippen LogP contribution in [0.2, 0.25) is 0 Å². The monoisotopic (exact) mass is 463 g/mol. The molecule has 0 aliphatic rings. The summed E-state index contributed by atoms with van der Waals surface area (Å²) < 4.78 is 5.90. The fraction of sp³-hybridized carbons (Fsp3) is 0.161. The second kappa shape index (κ2) is 12.3. The molecule has 0 radical (unpaired) electrons. The van der Waals surface area contributed by atoms with Crippen molar-refractivity contribution < 1.29 is 14.3 Å². The van der Waals surface area contributed by atoms with Crippen molar-refractivity contribution in [3.63, 3.8) is 0 Å². The minimum Gasteiger partial charge on any atom is -0.457 e. The Morgan fingerprint density at radius 1 is 0.657 bits per heavy atom. The Kier molecular flexibility index (Phi) is 8.44. The van der Waals surface area contributed by atoms with Gasteiger partial charge in [0.05, 0.1) is 0 Å². The van der Waals surface area contributed by atoms with Crippen LogP contribution in [0.1, 0.15) is 23.1 Å². The van der Waals surface area contributed by atoms with Crippen LogP contribution in [0.25, 0.3) is 0 Å². The van der Waals surface area contributed by atoms with Gasteiger partial charge in [-0.25, -0.2) is 0 Å². The van der Waals surface area contributed by atoms with E-state index in [0.29, 0.717) is 18.7 Å². The molecule has 1 unspecified atom stereocenters. The van der Waals surface area contributed by atoms with Gasteiger partial charge in [-0.2, -0.15) is 0 Å². The minimum absolute atomic E-state index is 0.0256. The van der Waals surface area contributed by atoms with Gasteiger partial charge in [-0.1, -0.05) is 91.0 Å². The maximum atomic E-state index is 13.1. The van der Waals surface area contributed by atoms with Crippen LogP contribution in [0, 0.1) is 5.92 Å². The zero-order chi connectivity index (χ0) is 24.3. The molecule has 4 nitrogen and oxygen atoms in total. The Morgan fingerprint density at radius 3 is 1.91 bits per heavy atom. The number of amides is 1. The average Bonchev–Trinajstić information content (AvgIpc) is 2.89. The largest absolute Gasteiger partial charge is 0.457 e. The minimum atomic E-state index is -0.433. The lowest BCUT2D eigenvalue weighted by molar-refractivity contribution is -0.129. The third-order valence-corrected chi connectivity index (χ3v) is 5.76. The zero-order valence-electron chi connectivity index (χ0n) is 19.6. The predicted molar refractivity (Wildman–Crippen MR) is 138 cm³/mol. The molecular formula is C31H29NO3. The molecule has 0 spiro atoms. The first kappa shape index (κ1) is 24.0. The molecule has 4 aromatic carbocycles. The Labute approximate surface area is 206 Å². The lowest BCUT2D eigenvalue weighted by Gasteiger charge is -2.17. The van der Waals surface area contributed by atoms with Crippen LogP contribution in [0.4, 0.5) is 0 Å². The molecule has 4 rings (SSSR count). The van der Waals surface area contributed by atoms with Crippen molar-refractivity contribution in [2.45, 2.75) is 25.8 Å². The molecule has 0 aliphatic heterocycles. The maximum Gasteiger partial charge on any atom is 0.224 e. The Morgan fingerprint density at radius 2 is 1.23 bits per heavy atom. The third kappa shape index (κ3) is 7.68. The van der Waals surface area contributed by atoms with E-state index < -0.39 is 5.92 Å². The molecule has 1 N–H and O–H groups in total. The van der Waals surface area contributed by atoms with Gasteiger partial charge in [0.15, 0.2) is 0 Å². The summed E-state index contributed by atoms with van der Waals surface area (Å²) in [6.07, 6.45) is 0.951. The molecule has 4 aromatic rings. The molecule has 1 atom stereocenters. The van der Waals surface area contributed by atoms with Gasteiger partial charge in [0.2, 0.25) is 5.91 Å². The zero-order valence-corrected chi connectivity index (χ0v) is 19.6. The fourth-order valence-electron chi connectivity index (χ4n) is 4.00. The summed E-state index contributed by atoms with van der Waals surface area (Å²) in [6.45, 7) is 0.442. The van der Waals surface area contributed by atoms with Gasteiger partial charge in [-0.05, 0) is 47.4 Å². The highest BCUT2D eigenvalue weighted by Gasteiger charge is 2.22. The van der Waals surface area contributed by atoms with Gasteiger partial charge in [0, 0.05) is 25.3 Å². The van der Waals surface area contributed by atoms with Crippen LogP contribution >= 0.6 is 0 Å². The number of nitrogens with one attached hydrogen (secondary N) is 1. The van der Waals surface area contributed by atoms with E-state index in [9.17, 15) is 9.59 Å². The van der Waals surface area contributed by atoms with Crippen LogP contribution in [0.5, 0.6) is 11.5 Å². The first-order valence-corrected chi connectivity index (χ1v) is 11.8. The molecule has 4 heteroatoms. The second-order valence-electron chi connectivity index (χ2n) is 8.57. The van der Waals surface area contributed by atoms with Gasteiger partial charge in [0.25, 0.3) is 0 Å². The molecule has 0 heterocycles. The van der Waals surface area contributed by atoms with E-state index in [-0.39, 0.29) is 24.5 Å². The van der Waals surface area contributed by atoms with E-state index in [1.54, 1.807) is 0 Å². The normalized spacial score (nSPS) is 11.4. The fourth-order valence-corrected chi connectivity index (χ4v) is 4.00. The number of benzene rings is 4. The van der Waals surface area contributed by atoms with Gasteiger partial charge in [-0.15, -0.1) is 0 Å². The van der Waals surface area contributed by atoms with Crippen LogP contribution in [0.3, 0.4) is 0 Å². The summed E-state index contributed by atoms with van der Waals surface area (Å²) in [7, 11) is 0. The number of para-hydroxylation sites is 1. The topological polar surface area (TPSA) is 55.4 Å².